The molecule has 0 radical (unpaired) electrons. The minimum Gasteiger partial charge on any atom is -0.497 e. The lowest BCUT2D eigenvalue weighted by atomic mass is 10.2. The second-order valence-electron chi connectivity index (χ2n) is 4.61. The monoisotopic (exact) mass is 318 g/mol. The SMILES string of the molecule is COc1cccc(-c2nnn(Cc3ccc(F)cc3Cl)n2)c1. The van der Waals surface area contributed by atoms with Gasteiger partial charge in [-0.05, 0) is 35.0 Å². The van der Waals surface area contributed by atoms with E-state index >= 15 is 0 Å². The summed E-state index contributed by atoms with van der Waals surface area (Å²) < 4.78 is 18.2. The minimum atomic E-state index is -0.377. The maximum Gasteiger partial charge on any atom is 0.205 e. The van der Waals surface area contributed by atoms with Crippen molar-refractivity contribution in [2.75, 3.05) is 7.11 Å². The number of tetrazole rings is 1. The molecule has 3 rings (SSSR count). The van der Waals surface area contributed by atoms with Crippen LogP contribution in [0.15, 0.2) is 42.5 Å². The summed E-state index contributed by atoms with van der Waals surface area (Å²) in [7, 11) is 1.60. The Balaban J connectivity index is 1.84. The van der Waals surface area contributed by atoms with Crippen LogP contribution >= 0.6 is 11.6 Å². The van der Waals surface area contributed by atoms with Crippen molar-refractivity contribution in [3.63, 3.8) is 0 Å². The van der Waals surface area contributed by atoms with Crippen molar-refractivity contribution in [3.05, 3.63) is 58.9 Å². The average Bonchev–Trinajstić information content (AvgIpc) is 2.99. The lowest BCUT2D eigenvalue weighted by Crippen LogP contribution is -2.04. The molecule has 2 aromatic carbocycles. The zero-order valence-corrected chi connectivity index (χ0v) is 12.5. The highest BCUT2D eigenvalue weighted by Gasteiger charge is 2.09. The van der Waals surface area contributed by atoms with E-state index in [1.54, 1.807) is 13.2 Å². The topological polar surface area (TPSA) is 52.8 Å². The maximum atomic E-state index is 13.0. The normalized spacial score (nSPS) is 10.7. The average molecular weight is 319 g/mol. The Kier molecular flexibility index (Phi) is 4.02. The van der Waals surface area contributed by atoms with Gasteiger partial charge in [-0.1, -0.05) is 29.8 Å². The van der Waals surface area contributed by atoms with E-state index in [9.17, 15) is 4.39 Å². The first-order chi connectivity index (χ1) is 10.7. The third-order valence-corrected chi connectivity index (χ3v) is 3.46. The van der Waals surface area contributed by atoms with Crippen LogP contribution in [-0.4, -0.2) is 27.3 Å². The molecule has 3 aromatic rings. The largest absolute Gasteiger partial charge is 0.497 e. The number of benzene rings is 2. The van der Waals surface area contributed by atoms with Crippen LogP contribution in [0.1, 0.15) is 5.56 Å². The standard InChI is InChI=1S/C15H12ClFN4O/c1-22-13-4-2-3-10(7-13)15-18-20-21(19-15)9-11-5-6-12(17)8-14(11)16/h2-8H,9H2,1H3. The molecule has 0 N–H and O–H groups in total. The Morgan fingerprint density at radius 3 is 2.86 bits per heavy atom. The molecule has 0 atom stereocenters. The lowest BCUT2D eigenvalue weighted by Gasteiger charge is -2.02. The van der Waals surface area contributed by atoms with Crippen molar-refractivity contribution in [1.82, 2.24) is 20.2 Å². The van der Waals surface area contributed by atoms with Crippen molar-refractivity contribution in [1.29, 1.82) is 0 Å². The second kappa shape index (κ2) is 6.11. The molecule has 0 aliphatic heterocycles. The van der Waals surface area contributed by atoms with Crippen LogP contribution in [0.4, 0.5) is 4.39 Å². The lowest BCUT2D eigenvalue weighted by molar-refractivity contribution is 0.415. The molecule has 0 aliphatic rings. The number of rotatable bonds is 4. The van der Waals surface area contributed by atoms with Gasteiger partial charge in [-0.15, -0.1) is 10.2 Å². The molecule has 0 saturated carbocycles. The van der Waals surface area contributed by atoms with Crippen LogP contribution < -0.4 is 4.74 Å². The fourth-order valence-electron chi connectivity index (χ4n) is 1.99. The summed E-state index contributed by atoms with van der Waals surface area (Å²) in [4.78, 5) is 1.41. The highest BCUT2D eigenvalue weighted by molar-refractivity contribution is 6.31. The van der Waals surface area contributed by atoms with Gasteiger partial charge in [0.1, 0.15) is 11.6 Å². The van der Waals surface area contributed by atoms with E-state index in [0.717, 1.165) is 16.9 Å². The van der Waals surface area contributed by atoms with Gasteiger partial charge in [0.15, 0.2) is 0 Å². The predicted octanol–water partition coefficient (Wildman–Crippen LogP) is 3.19. The highest BCUT2D eigenvalue weighted by Crippen LogP contribution is 2.21. The van der Waals surface area contributed by atoms with Gasteiger partial charge in [0.05, 0.1) is 13.7 Å². The van der Waals surface area contributed by atoms with Crippen LogP contribution in [0.2, 0.25) is 5.02 Å². The summed E-state index contributed by atoms with van der Waals surface area (Å²) in [6.07, 6.45) is 0. The van der Waals surface area contributed by atoms with Crippen LogP contribution in [0, 0.1) is 5.82 Å². The molecule has 0 amide bonds. The molecular weight excluding hydrogens is 307 g/mol. The van der Waals surface area contributed by atoms with Gasteiger partial charge >= 0.3 is 0 Å². The molecule has 0 saturated heterocycles. The van der Waals surface area contributed by atoms with E-state index in [1.807, 2.05) is 24.3 Å². The molecule has 1 aromatic heterocycles. The molecule has 0 aliphatic carbocycles. The first-order valence-electron chi connectivity index (χ1n) is 6.52. The molecule has 112 valence electrons. The van der Waals surface area contributed by atoms with Crippen molar-refractivity contribution >= 4 is 11.6 Å². The number of hydrogen-bond acceptors (Lipinski definition) is 4. The van der Waals surface area contributed by atoms with Gasteiger partial charge in [-0.3, -0.25) is 0 Å². The van der Waals surface area contributed by atoms with E-state index in [2.05, 4.69) is 15.4 Å². The van der Waals surface area contributed by atoms with Crippen molar-refractivity contribution in [2.45, 2.75) is 6.54 Å². The Labute approximate surface area is 131 Å². The van der Waals surface area contributed by atoms with E-state index in [1.165, 1.54) is 16.9 Å². The van der Waals surface area contributed by atoms with Gasteiger partial charge in [0.2, 0.25) is 5.82 Å². The third kappa shape index (κ3) is 3.07. The van der Waals surface area contributed by atoms with E-state index in [0.29, 0.717) is 17.4 Å². The molecule has 7 heteroatoms. The summed E-state index contributed by atoms with van der Waals surface area (Å²) in [6.45, 7) is 0.316. The first kappa shape index (κ1) is 14.5. The molecule has 0 bridgehead atoms. The number of nitrogens with zero attached hydrogens (tertiary/aromatic N) is 4. The van der Waals surface area contributed by atoms with Crippen LogP contribution in [0.3, 0.4) is 0 Å². The maximum absolute atomic E-state index is 13.0. The van der Waals surface area contributed by atoms with Gasteiger partial charge in [0.25, 0.3) is 0 Å². The Morgan fingerprint density at radius 1 is 1.23 bits per heavy atom. The Morgan fingerprint density at radius 2 is 2.09 bits per heavy atom. The van der Waals surface area contributed by atoms with Gasteiger partial charge in [0, 0.05) is 10.6 Å². The number of halogens is 2. The molecular formula is C15H12ClFN4O. The molecule has 0 spiro atoms. The Bertz CT molecular complexity index is 806. The van der Waals surface area contributed by atoms with Gasteiger partial charge in [-0.2, -0.15) is 4.80 Å². The predicted molar refractivity (Wildman–Crippen MR) is 80.3 cm³/mol. The van der Waals surface area contributed by atoms with Crippen molar-refractivity contribution in [2.24, 2.45) is 0 Å². The number of ether oxygens (including phenoxy) is 1. The molecule has 0 unspecified atom stereocenters. The highest BCUT2D eigenvalue weighted by atomic mass is 35.5. The minimum absolute atomic E-state index is 0.316. The van der Waals surface area contributed by atoms with E-state index < -0.39 is 0 Å². The third-order valence-electron chi connectivity index (χ3n) is 3.11. The fourth-order valence-corrected chi connectivity index (χ4v) is 2.22. The summed E-state index contributed by atoms with van der Waals surface area (Å²) in [5, 5.41) is 12.6. The first-order valence-corrected chi connectivity index (χ1v) is 6.89. The number of hydrogen-bond donors (Lipinski definition) is 0. The number of methoxy groups -OCH3 is 1. The quantitative estimate of drug-likeness (QED) is 0.741. The summed E-state index contributed by atoms with van der Waals surface area (Å²) in [5.74, 6) is 0.824. The molecule has 22 heavy (non-hydrogen) atoms. The zero-order valence-electron chi connectivity index (χ0n) is 11.7. The zero-order chi connectivity index (χ0) is 15.5. The van der Waals surface area contributed by atoms with Gasteiger partial charge in [-0.25, -0.2) is 4.39 Å². The second-order valence-corrected chi connectivity index (χ2v) is 5.02. The van der Waals surface area contributed by atoms with Gasteiger partial charge < -0.3 is 4.74 Å². The number of aromatic nitrogens is 4. The van der Waals surface area contributed by atoms with Crippen LogP contribution in [-0.2, 0) is 6.54 Å². The van der Waals surface area contributed by atoms with Crippen LogP contribution in [0.5, 0.6) is 5.75 Å². The summed E-state index contributed by atoms with van der Waals surface area (Å²) in [5.41, 5.74) is 1.52. The summed E-state index contributed by atoms with van der Waals surface area (Å²) in [6, 6.07) is 11.6. The van der Waals surface area contributed by atoms with Crippen molar-refractivity contribution < 1.29 is 9.13 Å². The fraction of sp³-hybridized carbons (Fsp3) is 0.133. The smallest absolute Gasteiger partial charge is 0.205 e. The molecule has 0 fully saturated rings. The summed E-state index contributed by atoms with van der Waals surface area (Å²) >= 11 is 6.00. The molecule has 5 nitrogen and oxygen atoms in total. The van der Waals surface area contributed by atoms with E-state index in [4.69, 9.17) is 16.3 Å². The molecule has 1 heterocycles. The van der Waals surface area contributed by atoms with Crippen molar-refractivity contribution in [3.8, 4) is 17.1 Å². The Hall–Kier alpha value is -2.47. The van der Waals surface area contributed by atoms with Crippen LogP contribution in [0.25, 0.3) is 11.4 Å². The van der Waals surface area contributed by atoms with E-state index in [-0.39, 0.29) is 5.82 Å².